The molecule has 33 nitrogen and oxygen atoms in total. The van der Waals surface area contributed by atoms with E-state index in [2.05, 4.69) is 26.6 Å². The van der Waals surface area contributed by atoms with Gasteiger partial charge in [-0.25, -0.2) is 0 Å². The van der Waals surface area contributed by atoms with E-state index in [1.807, 2.05) is 138 Å². The zero-order chi connectivity index (χ0) is 80.2. The summed E-state index contributed by atoms with van der Waals surface area (Å²) in [6.07, 6.45) is 7.70. The lowest BCUT2D eigenvalue weighted by Crippen LogP contribution is -2.62. The molecule has 5 rings (SSSR count). The van der Waals surface area contributed by atoms with Crippen LogP contribution in [0.2, 0.25) is 0 Å². The summed E-state index contributed by atoms with van der Waals surface area (Å²) < 4.78 is 0. The van der Waals surface area contributed by atoms with Gasteiger partial charge in [0.1, 0.15) is 0 Å². The van der Waals surface area contributed by atoms with E-state index < -0.39 is 62.6 Å². The first-order valence-electron chi connectivity index (χ1n) is 34.8. The minimum Gasteiger partial charge on any atom is -0.480 e. The van der Waals surface area contributed by atoms with Crippen LogP contribution in [0.3, 0.4) is 0 Å². The Labute approximate surface area is 605 Å². The first kappa shape index (κ1) is 96.2. The highest BCUT2D eigenvalue weighted by molar-refractivity contribution is 5.75. The fourth-order valence-corrected chi connectivity index (χ4v) is 15.5. The van der Waals surface area contributed by atoms with Crippen LogP contribution < -0.4 is 26.6 Å². The zero-order valence-electron chi connectivity index (χ0n) is 66.0. The van der Waals surface area contributed by atoms with Crippen molar-refractivity contribution in [3.8, 4) is 0 Å². The molecule has 0 unspecified atom stereocenters. The molecule has 0 radical (unpaired) electrons. The van der Waals surface area contributed by atoms with Gasteiger partial charge in [-0.05, 0) is 203 Å². The van der Waals surface area contributed by atoms with E-state index in [1.54, 1.807) is 0 Å². The van der Waals surface area contributed by atoms with Gasteiger partial charge in [0.05, 0.1) is 32.7 Å². The van der Waals surface area contributed by atoms with Gasteiger partial charge in [0.2, 0.25) is 29.5 Å². The maximum Gasteiger partial charge on any atom is 0.317 e. The van der Waals surface area contributed by atoms with Crippen molar-refractivity contribution in [2.75, 3.05) is 58.9 Å². The lowest BCUT2D eigenvalue weighted by atomic mass is 9.79. The first-order valence-corrected chi connectivity index (χ1v) is 34.8. The van der Waals surface area contributed by atoms with Crippen LogP contribution in [0.15, 0.2) is 0 Å². The number of amides is 5. The van der Waals surface area contributed by atoms with Crippen LogP contribution in [0.25, 0.3) is 0 Å². The number of hydrogen-bond donors (Lipinski definition) is 15. The van der Waals surface area contributed by atoms with Crippen molar-refractivity contribution < 1.29 is 99.5 Å². The normalized spacial score (nSPS) is 22.2. The number of nitrogens with one attached hydrogen (secondary N) is 5. The van der Waals surface area contributed by atoms with Crippen molar-refractivity contribution >= 4 is 59.4 Å². The lowest BCUT2D eigenvalue weighted by molar-refractivity contribution is -0.246. The highest BCUT2D eigenvalue weighted by atomic mass is 16.5. The van der Waals surface area contributed by atoms with Crippen molar-refractivity contribution in [2.45, 2.75) is 323 Å². The van der Waals surface area contributed by atoms with Crippen molar-refractivity contribution in [2.24, 2.45) is 0 Å². The molecule has 5 saturated heterocycles. The Morgan fingerprint density at radius 2 is 0.363 bits per heavy atom. The average molecular weight is 1460 g/mol. The Balaban J connectivity index is 0.00000122. The number of carboxylic acids is 5. The average Bonchev–Trinajstić information content (AvgIpc) is 0.814. The molecule has 0 bridgehead atoms. The molecule has 594 valence electrons. The summed E-state index contributed by atoms with van der Waals surface area (Å²) in [4.78, 5) is 113. The summed E-state index contributed by atoms with van der Waals surface area (Å²) in [5, 5.41) is 116. The molecule has 0 saturated carbocycles. The Hall–Kier alpha value is -5.82. The maximum atomic E-state index is 11.0. The highest BCUT2D eigenvalue weighted by Crippen LogP contribution is 2.41. The predicted octanol–water partition coefficient (Wildman–Crippen LogP) is 4.98. The number of piperidine rings is 5. The van der Waals surface area contributed by atoms with E-state index in [4.69, 9.17) is 25.5 Å². The van der Waals surface area contributed by atoms with E-state index in [0.29, 0.717) is 0 Å². The largest absolute Gasteiger partial charge is 0.480 e. The van der Waals surface area contributed by atoms with E-state index in [1.165, 1.54) is 64.8 Å². The number of carbonyl (C=O) groups is 10. The summed E-state index contributed by atoms with van der Waals surface area (Å²) in [7, 11) is 0. The number of hydroxylamine groups is 10. The van der Waals surface area contributed by atoms with Gasteiger partial charge in [-0.15, -0.1) is 0 Å². The second kappa shape index (κ2) is 39.0. The minimum atomic E-state index is -1.24. The number of carbonyl (C=O) groups excluding carboxylic acids is 5. The van der Waals surface area contributed by atoms with Crippen molar-refractivity contribution in [1.82, 2.24) is 66.6 Å². The second-order valence-electron chi connectivity index (χ2n) is 34.4. The van der Waals surface area contributed by atoms with Gasteiger partial charge in [-0.2, -0.15) is 25.3 Å². The molecule has 5 amide bonds. The van der Waals surface area contributed by atoms with Crippen LogP contribution in [0.1, 0.15) is 237 Å². The Kier molecular flexibility index (Phi) is 36.7. The minimum absolute atomic E-state index is 0.000836. The van der Waals surface area contributed by atoms with Crippen molar-refractivity contribution in [1.29, 1.82) is 0 Å². The molecule has 5 aliphatic rings. The Morgan fingerprint density at radius 3 is 0.471 bits per heavy atom. The third-order valence-electron chi connectivity index (χ3n) is 18.5. The molecule has 0 aromatic heterocycles. The lowest BCUT2D eigenvalue weighted by Gasteiger charge is -2.51. The Morgan fingerprint density at radius 1 is 0.255 bits per heavy atom. The molecular weight excluding hydrogens is 1330 g/mol. The monoisotopic (exact) mass is 1460 g/mol. The van der Waals surface area contributed by atoms with Crippen molar-refractivity contribution in [3.63, 3.8) is 0 Å². The molecule has 0 atom stereocenters. The topological polar surface area (TPSA) is 459 Å². The molecular formula is C69H133N13O20. The number of hydrogen-bond acceptors (Lipinski definition) is 23. The number of carboxylic acid groups (broad SMARTS) is 5. The highest BCUT2D eigenvalue weighted by Gasteiger charge is 2.50. The summed E-state index contributed by atoms with van der Waals surface area (Å²) in [5.41, 5.74) is -2.97. The molecule has 5 heterocycles. The summed E-state index contributed by atoms with van der Waals surface area (Å²) in [5.74, 6) is -6.17. The van der Waals surface area contributed by atoms with Crippen LogP contribution in [-0.4, -0.2) is 295 Å². The van der Waals surface area contributed by atoms with Crippen LogP contribution in [0, 0.1) is 0 Å². The number of nitrogens with zero attached hydrogens (tertiary/aromatic N) is 8. The van der Waals surface area contributed by atoms with Gasteiger partial charge in [0, 0.05) is 146 Å². The fraction of sp³-hybridized carbons (Fsp3) is 0.855. The van der Waals surface area contributed by atoms with Gasteiger partial charge in [0.15, 0.2) is 0 Å². The fourth-order valence-electron chi connectivity index (χ4n) is 15.5. The molecule has 102 heavy (non-hydrogen) atoms. The van der Waals surface area contributed by atoms with Crippen LogP contribution in [0.4, 0.5) is 0 Å². The van der Waals surface area contributed by atoms with E-state index in [0.717, 1.165) is 74.0 Å². The smallest absolute Gasteiger partial charge is 0.317 e. The zero-order valence-corrected chi connectivity index (χ0v) is 66.0. The van der Waals surface area contributed by atoms with E-state index >= 15 is 0 Å². The molecule has 5 aliphatic heterocycles. The van der Waals surface area contributed by atoms with Gasteiger partial charge in [-0.3, -0.25) is 62.6 Å². The summed E-state index contributed by atoms with van der Waals surface area (Å²) >= 11 is 0. The van der Waals surface area contributed by atoms with Crippen LogP contribution >= 0.6 is 0 Å². The molecule has 0 spiro atoms. The quantitative estimate of drug-likeness (QED) is 0.0720. The van der Waals surface area contributed by atoms with Gasteiger partial charge < -0.3 is 78.2 Å². The first-order chi connectivity index (χ1) is 45.7. The number of aliphatic carboxylic acids is 5. The third-order valence-corrected chi connectivity index (χ3v) is 18.5. The van der Waals surface area contributed by atoms with Gasteiger partial charge in [0.25, 0.3) is 0 Å². The molecule has 33 heteroatoms. The van der Waals surface area contributed by atoms with E-state index in [-0.39, 0.29) is 141 Å². The molecule has 0 aromatic rings. The molecule has 0 aliphatic carbocycles. The molecule has 5 fully saturated rings. The third kappa shape index (κ3) is 34.4. The SMILES string of the molecule is CC(=O)NC1CC(C)(C)N(O)C(C)(C)C1.CC(=O)NC1CC(C)(C)N(O)C(C)(C)C1.CC(=O)NC1CC(C)(C)N(O)C(C)(C)C1.CC(=O)NC1CC(C)(C)N(O)C(C)(C)C1.CC(=O)NC1CC(C)(C)N(O)C(C)(C)C1.O=C(O)CN(CCN(CC(=O)O)CC(=O)O)CCN(CC(=O)O)CC(=O)O. The maximum absolute atomic E-state index is 11.0. The Bertz CT molecular complexity index is 2320. The van der Waals surface area contributed by atoms with E-state index in [9.17, 15) is 74.0 Å². The van der Waals surface area contributed by atoms with Crippen LogP contribution in [0.5, 0.6) is 0 Å². The standard InChI is InChI=1S/C14H23N3O10.5C11H22N2O2/c18-10(19)5-15(1-3-16(6-11(20)21)7-12(22)23)2-4-17(8-13(24)25)9-14(26)27;5*1-8(14)12-9-6-10(2,3)13(15)11(4,5)7-9/h1-9H2,(H,18,19)(H,20,21)(H,22,23)(H,24,25)(H,26,27);5*9,15H,6-7H2,1-5H3,(H,12,14). The predicted molar refractivity (Wildman–Crippen MR) is 381 cm³/mol. The second-order valence-corrected chi connectivity index (χ2v) is 34.4. The number of rotatable bonds is 21. The van der Waals surface area contributed by atoms with Gasteiger partial charge >= 0.3 is 29.8 Å². The van der Waals surface area contributed by atoms with Crippen molar-refractivity contribution in [3.05, 3.63) is 0 Å². The molecule has 0 aromatic carbocycles. The summed E-state index contributed by atoms with van der Waals surface area (Å²) in [6.45, 7) is 44.7. The van der Waals surface area contributed by atoms with Crippen LogP contribution in [-0.2, 0) is 47.9 Å². The molecule has 15 N–H and O–H groups in total. The van der Waals surface area contributed by atoms with Gasteiger partial charge in [-0.1, -0.05) is 0 Å². The summed E-state index contributed by atoms with van der Waals surface area (Å²) in [6, 6.07) is 0.745.